The first-order chi connectivity index (χ1) is 13.8. The van der Waals surface area contributed by atoms with Crippen LogP contribution in [-0.2, 0) is 11.8 Å². The molecule has 146 valence electrons. The van der Waals surface area contributed by atoms with Crippen LogP contribution < -0.4 is 14.7 Å². The molecular weight excluding hydrogens is 354 g/mol. The van der Waals surface area contributed by atoms with E-state index in [1.165, 1.54) is 5.69 Å². The van der Waals surface area contributed by atoms with Crippen LogP contribution in [0, 0.1) is 0 Å². The molecule has 0 N–H and O–H groups in total. The Labute approximate surface area is 164 Å². The molecule has 2 fully saturated rings. The molecule has 8 heteroatoms. The van der Waals surface area contributed by atoms with Crippen molar-refractivity contribution in [2.24, 2.45) is 7.05 Å². The monoisotopic (exact) mass is 379 g/mol. The van der Waals surface area contributed by atoms with Gasteiger partial charge in [0.25, 0.3) is 0 Å². The van der Waals surface area contributed by atoms with Crippen molar-refractivity contribution in [2.75, 3.05) is 67.2 Å². The van der Waals surface area contributed by atoms with Gasteiger partial charge >= 0.3 is 0 Å². The van der Waals surface area contributed by atoms with E-state index >= 15 is 0 Å². The molecule has 5 rings (SSSR count). The Morgan fingerprint density at radius 1 is 0.821 bits per heavy atom. The Balaban J connectivity index is 1.42. The fourth-order valence-electron chi connectivity index (χ4n) is 3.96. The summed E-state index contributed by atoms with van der Waals surface area (Å²) in [6.07, 6.45) is 1.87. The molecular formula is C20H25N7O. The van der Waals surface area contributed by atoms with Crippen molar-refractivity contribution < 1.29 is 4.74 Å². The van der Waals surface area contributed by atoms with Gasteiger partial charge in [0.05, 0.1) is 24.8 Å². The normalized spacial score (nSPS) is 18.1. The van der Waals surface area contributed by atoms with Crippen molar-refractivity contribution >= 4 is 28.5 Å². The molecule has 0 amide bonds. The molecule has 3 aromatic rings. The number of piperazine rings is 1. The first-order valence-corrected chi connectivity index (χ1v) is 9.87. The van der Waals surface area contributed by atoms with Gasteiger partial charge in [0.15, 0.2) is 5.65 Å². The van der Waals surface area contributed by atoms with Gasteiger partial charge in [-0.05, 0) is 12.1 Å². The molecule has 2 aliphatic heterocycles. The fourth-order valence-corrected chi connectivity index (χ4v) is 3.96. The lowest BCUT2D eigenvalue weighted by molar-refractivity contribution is 0.122. The summed E-state index contributed by atoms with van der Waals surface area (Å²) in [7, 11) is 1.94. The fraction of sp³-hybridized carbons (Fsp3) is 0.450. The standard InChI is InChI=1S/C20H25N7O/c1-24-18-17(15-21-24)19(26-11-13-28-14-12-26)23-20(22-18)27-9-7-25(8-10-27)16-5-3-2-4-6-16/h2-6,15H,7-14H2,1H3. The highest BCUT2D eigenvalue weighted by Gasteiger charge is 2.24. The van der Waals surface area contributed by atoms with Gasteiger partial charge in [-0.3, -0.25) is 4.68 Å². The second-order valence-corrected chi connectivity index (χ2v) is 7.26. The summed E-state index contributed by atoms with van der Waals surface area (Å²) in [6.45, 7) is 6.90. The molecule has 0 radical (unpaired) electrons. The second-order valence-electron chi connectivity index (χ2n) is 7.26. The third-order valence-corrected chi connectivity index (χ3v) is 5.55. The predicted octanol–water partition coefficient (Wildman–Crippen LogP) is 1.53. The zero-order chi connectivity index (χ0) is 18.9. The van der Waals surface area contributed by atoms with Gasteiger partial charge in [-0.1, -0.05) is 18.2 Å². The number of para-hydroxylation sites is 1. The van der Waals surface area contributed by atoms with E-state index in [1.807, 2.05) is 17.9 Å². The summed E-state index contributed by atoms with van der Waals surface area (Å²) in [5, 5.41) is 5.43. The van der Waals surface area contributed by atoms with E-state index in [0.29, 0.717) is 0 Å². The quantitative estimate of drug-likeness (QED) is 0.684. The van der Waals surface area contributed by atoms with E-state index in [4.69, 9.17) is 14.7 Å². The number of rotatable bonds is 3. The number of morpholine rings is 1. The summed E-state index contributed by atoms with van der Waals surface area (Å²) < 4.78 is 7.36. The average molecular weight is 379 g/mol. The maximum absolute atomic E-state index is 5.52. The summed E-state index contributed by atoms with van der Waals surface area (Å²) >= 11 is 0. The van der Waals surface area contributed by atoms with Crippen molar-refractivity contribution in [3.8, 4) is 0 Å². The van der Waals surface area contributed by atoms with E-state index in [2.05, 4.69) is 50.1 Å². The first-order valence-electron chi connectivity index (χ1n) is 9.87. The maximum Gasteiger partial charge on any atom is 0.229 e. The number of ether oxygens (including phenoxy) is 1. The molecule has 8 nitrogen and oxygen atoms in total. The molecule has 1 aromatic carbocycles. The van der Waals surface area contributed by atoms with Crippen LogP contribution >= 0.6 is 0 Å². The van der Waals surface area contributed by atoms with Gasteiger partial charge in [0, 0.05) is 52.0 Å². The summed E-state index contributed by atoms with van der Waals surface area (Å²) in [5.74, 6) is 1.77. The van der Waals surface area contributed by atoms with Gasteiger partial charge in [-0.15, -0.1) is 0 Å². The lowest BCUT2D eigenvalue weighted by Gasteiger charge is -2.36. The molecule has 4 heterocycles. The van der Waals surface area contributed by atoms with Gasteiger partial charge in [-0.25, -0.2) is 0 Å². The third kappa shape index (κ3) is 3.13. The van der Waals surface area contributed by atoms with E-state index in [1.54, 1.807) is 0 Å². The van der Waals surface area contributed by atoms with Crippen LogP contribution in [0.5, 0.6) is 0 Å². The SMILES string of the molecule is Cn1ncc2c(N3CCOCC3)nc(N3CCN(c4ccccc4)CC3)nc21. The van der Waals surface area contributed by atoms with Gasteiger partial charge in [0.1, 0.15) is 5.82 Å². The molecule has 0 unspecified atom stereocenters. The molecule has 2 aromatic heterocycles. The Bertz CT molecular complexity index is 944. The number of hydrogen-bond donors (Lipinski definition) is 0. The van der Waals surface area contributed by atoms with E-state index in [-0.39, 0.29) is 0 Å². The van der Waals surface area contributed by atoms with Crippen molar-refractivity contribution in [3.05, 3.63) is 36.5 Å². The summed E-state index contributed by atoms with van der Waals surface area (Å²) in [6, 6.07) is 10.6. The van der Waals surface area contributed by atoms with Crippen molar-refractivity contribution in [1.29, 1.82) is 0 Å². The number of aryl methyl sites for hydroxylation is 1. The molecule has 2 aliphatic rings. The van der Waals surface area contributed by atoms with Gasteiger partial charge in [-0.2, -0.15) is 15.1 Å². The molecule has 0 saturated carbocycles. The van der Waals surface area contributed by atoms with Crippen LogP contribution in [0.4, 0.5) is 17.5 Å². The Morgan fingerprint density at radius 3 is 2.29 bits per heavy atom. The van der Waals surface area contributed by atoms with E-state index in [9.17, 15) is 0 Å². The molecule has 0 aliphatic carbocycles. The Hall–Kier alpha value is -2.87. The van der Waals surface area contributed by atoms with Crippen molar-refractivity contribution in [2.45, 2.75) is 0 Å². The zero-order valence-corrected chi connectivity index (χ0v) is 16.2. The Kier molecular flexibility index (Phi) is 4.48. The van der Waals surface area contributed by atoms with Crippen LogP contribution in [-0.4, -0.2) is 72.2 Å². The topological polar surface area (TPSA) is 62.6 Å². The van der Waals surface area contributed by atoms with Crippen LogP contribution in [0.25, 0.3) is 11.0 Å². The highest BCUT2D eigenvalue weighted by Crippen LogP contribution is 2.27. The minimum Gasteiger partial charge on any atom is -0.378 e. The Morgan fingerprint density at radius 2 is 1.54 bits per heavy atom. The number of benzene rings is 1. The predicted molar refractivity (Wildman–Crippen MR) is 110 cm³/mol. The average Bonchev–Trinajstić information content (AvgIpc) is 3.15. The van der Waals surface area contributed by atoms with Crippen LogP contribution in [0.1, 0.15) is 0 Å². The minimum absolute atomic E-state index is 0.733. The molecule has 0 spiro atoms. The number of aromatic nitrogens is 4. The zero-order valence-electron chi connectivity index (χ0n) is 16.2. The molecule has 28 heavy (non-hydrogen) atoms. The largest absolute Gasteiger partial charge is 0.378 e. The van der Waals surface area contributed by atoms with Crippen LogP contribution in [0.3, 0.4) is 0 Å². The molecule has 0 atom stereocenters. The molecule has 0 bridgehead atoms. The molecule has 2 saturated heterocycles. The highest BCUT2D eigenvalue weighted by atomic mass is 16.5. The van der Waals surface area contributed by atoms with Gasteiger partial charge in [0.2, 0.25) is 5.95 Å². The summed E-state index contributed by atoms with van der Waals surface area (Å²) in [5.41, 5.74) is 2.16. The number of nitrogens with zero attached hydrogens (tertiary/aromatic N) is 7. The van der Waals surface area contributed by atoms with Gasteiger partial charge < -0.3 is 19.4 Å². The van der Waals surface area contributed by atoms with Crippen LogP contribution in [0.15, 0.2) is 36.5 Å². The third-order valence-electron chi connectivity index (χ3n) is 5.55. The number of anilines is 3. The summed E-state index contributed by atoms with van der Waals surface area (Å²) in [4.78, 5) is 16.8. The lowest BCUT2D eigenvalue weighted by Crippen LogP contribution is -2.47. The van der Waals surface area contributed by atoms with E-state index in [0.717, 1.165) is 75.3 Å². The van der Waals surface area contributed by atoms with Crippen molar-refractivity contribution in [3.63, 3.8) is 0 Å². The first kappa shape index (κ1) is 17.2. The second kappa shape index (κ2) is 7.27. The number of hydrogen-bond acceptors (Lipinski definition) is 7. The maximum atomic E-state index is 5.52. The smallest absolute Gasteiger partial charge is 0.229 e. The minimum atomic E-state index is 0.733. The van der Waals surface area contributed by atoms with Crippen LogP contribution in [0.2, 0.25) is 0 Å². The lowest BCUT2D eigenvalue weighted by atomic mass is 10.2. The van der Waals surface area contributed by atoms with E-state index < -0.39 is 0 Å². The van der Waals surface area contributed by atoms with Crippen molar-refractivity contribution in [1.82, 2.24) is 19.7 Å². The number of fused-ring (bicyclic) bond motifs is 1. The highest BCUT2D eigenvalue weighted by molar-refractivity contribution is 5.88.